The molecule has 36 heavy (non-hydrogen) atoms. The van der Waals surface area contributed by atoms with Gasteiger partial charge in [-0.25, -0.2) is 19.1 Å². The highest BCUT2D eigenvalue weighted by atomic mass is 32.1. The van der Waals surface area contributed by atoms with Gasteiger partial charge in [0.15, 0.2) is 11.4 Å². The van der Waals surface area contributed by atoms with Crippen LogP contribution in [0.5, 0.6) is 5.75 Å². The van der Waals surface area contributed by atoms with Crippen molar-refractivity contribution in [3.63, 3.8) is 0 Å². The number of rotatable bonds is 5. The summed E-state index contributed by atoms with van der Waals surface area (Å²) in [4.78, 5) is 47.1. The van der Waals surface area contributed by atoms with E-state index in [-0.39, 0.29) is 30.0 Å². The molecule has 2 aliphatic rings. The third kappa shape index (κ3) is 4.26. The fraction of sp³-hybridized carbons (Fsp3) is 0.333. The van der Waals surface area contributed by atoms with Crippen LogP contribution in [0.3, 0.4) is 0 Å². The standard InChI is InChI=1S/C24H22F2N5O4S/c1-13-4-6-29(11-18-27-5-7-36-18)19-12-30-10-16(21(32)22(33)20(30)24(35)31(13)19)23(34)28-9-14-2-3-15(25)8-17(14)26/h2-3,5,7-8,10,13,19,33H,4,6,9,11-12H2,1H3/t13-,19-/m0/s1. The average molecular weight is 515 g/mol. The van der Waals surface area contributed by atoms with Gasteiger partial charge in [-0.15, -0.1) is 11.3 Å². The number of hydrogen-bond acceptors (Lipinski definition) is 7. The summed E-state index contributed by atoms with van der Waals surface area (Å²) in [5, 5.41) is 17.2. The Labute approximate surface area is 208 Å². The molecular weight excluding hydrogens is 492 g/mol. The summed E-state index contributed by atoms with van der Waals surface area (Å²) in [6.45, 7) is 2.98. The molecule has 2 aliphatic heterocycles. The molecule has 4 heterocycles. The second-order valence-electron chi connectivity index (χ2n) is 8.81. The summed E-state index contributed by atoms with van der Waals surface area (Å²) in [5.74, 6) is -3.92. The molecule has 1 aromatic carbocycles. The Balaban J connectivity index is 1.44. The first kappa shape index (κ1) is 24.1. The van der Waals surface area contributed by atoms with Gasteiger partial charge in [0.2, 0.25) is 5.43 Å². The lowest BCUT2D eigenvalue weighted by molar-refractivity contribution is -0.0363. The Morgan fingerprint density at radius 2 is 2.11 bits per heavy atom. The van der Waals surface area contributed by atoms with Crippen molar-refractivity contribution in [1.29, 1.82) is 0 Å². The molecule has 3 aromatic rings. The van der Waals surface area contributed by atoms with E-state index < -0.39 is 46.7 Å². The molecule has 2 atom stereocenters. The quantitative estimate of drug-likeness (QED) is 0.560. The average Bonchev–Trinajstić information content (AvgIpc) is 3.35. The van der Waals surface area contributed by atoms with Crippen LogP contribution in [0.25, 0.3) is 0 Å². The molecule has 2 aromatic heterocycles. The molecule has 1 N–H and O–H groups in total. The fourth-order valence-corrected chi connectivity index (χ4v) is 5.34. The van der Waals surface area contributed by atoms with Crippen molar-refractivity contribution in [3.8, 4) is 5.75 Å². The minimum absolute atomic E-state index is 0.0214. The SMILES string of the molecule is C[C@H]1CCN(Cc2nccs2)[C@@H]2Cn3cc(C(=O)[N]Cc4ccc(F)cc4F)c(=O)c(O)c3C(=O)N12. The Morgan fingerprint density at radius 1 is 1.31 bits per heavy atom. The van der Waals surface area contributed by atoms with Crippen molar-refractivity contribution in [3.05, 3.63) is 79.7 Å². The van der Waals surface area contributed by atoms with Crippen LogP contribution in [-0.4, -0.2) is 55.0 Å². The van der Waals surface area contributed by atoms with Gasteiger partial charge < -0.3 is 14.6 Å². The Hall–Kier alpha value is -3.64. The van der Waals surface area contributed by atoms with Crippen LogP contribution in [0.2, 0.25) is 0 Å². The summed E-state index contributed by atoms with van der Waals surface area (Å²) in [6.07, 6.45) is 3.29. The first-order chi connectivity index (χ1) is 17.2. The number of aromatic nitrogens is 2. The van der Waals surface area contributed by atoms with Gasteiger partial charge >= 0.3 is 0 Å². The van der Waals surface area contributed by atoms with Gasteiger partial charge in [0.25, 0.3) is 11.8 Å². The summed E-state index contributed by atoms with van der Waals surface area (Å²) in [7, 11) is 0. The Bertz CT molecular complexity index is 1390. The highest BCUT2D eigenvalue weighted by Crippen LogP contribution is 2.32. The van der Waals surface area contributed by atoms with Crippen molar-refractivity contribution >= 4 is 23.2 Å². The van der Waals surface area contributed by atoms with Crippen LogP contribution in [0, 0.1) is 11.6 Å². The lowest BCUT2D eigenvalue weighted by Crippen LogP contribution is -2.63. The minimum Gasteiger partial charge on any atom is -0.503 e. The zero-order valence-electron chi connectivity index (χ0n) is 19.2. The van der Waals surface area contributed by atoms with E-state index >= 15 is 0 Å². The number of hydrogen-bond donors (Lipinski definition) is 1. The number of benzene rings is 1. The maximum atomic E-state index is 13.9. The van der Waals surface area contributed by atoms with Gasteiger partial charge in [0.05, 0.1) is 19.6 Å². The number of carbonyl (C=O) groups excluding carboxylic acids is 2. The van der Waals surface area contributed by atoms with Crippen LogP contribution in [0.1, 0.15) is 44.8 Å². The van der Waals surface area contributed by atoms with E-state index in [1.165, 1.54) is 22.1 Å². The molecule has 0 bridgehead atoms. The van der Waals surface area contributed by atoms with Gasteiger partial charge in [-0.1, -0.05) is 6.07 Å². The molecule has 5 rings (SSSR count). The molecule has 0 spiro atoms. The lowest BCUT2D eigenvalue weighted by Gasteiger charge is -2.50. The predicted molar refractivity (Wildman–Crippen MR) is 125 cm³/mol. The zero-order valence-corrected chi connectivity index (χ0v) is 20.0. The van der Waals surface area contributed by atoms with Gasteiger partial charge in [-0.2, -0.15) is 0 Å². The van der Waals surface area contributed by atoms with Gasteiger partial charge in [0.1, 0.15) is 28.4 Å². The number of aromatic hydroxyl groups is 1. The van der Waals surface area contributed by atoms with E-state index in [9.17, 15) is 28.3 Å². The molecule has 9 nitrogen and oxygen atoms in total. The van der Waals surface area contributed by atoms with Crippen LogP contribution in [0.4, 0.5) is 8.78 Å². The van der Waals surface area contributed by atoms with E-state index in [1.807, 2.05) is 12.3 Å². The third-order valence-corrected chi connectivity index (χ3v) is 7.33. The molecule has 0 saturated carbocycles. The molecule has 187 valence electrons. The predicted octanol–water partition coefficient (Wildman–Crippen LogP) is 2.31. The molecule has 2 amide bonds. The summed E-state index contributed by atoms with van der Waals surface area (Å²) < 4.78 is 28.4. The van der Waals surface area contributed by atoms with E-state index in [1.54, 1.807) is 11.1 Å². The number of fused-ring (bicyclic) bond motifs is 2. The van der Waals surface area contributed by atoms with Crippen molar-refractivity contribution in [2.45, 2.75) is 45.2 Å². The van der Waals surface area contributed by atoms with Crippen molar-refractivity contribution in [1.82, 2.24) is 24.7 Å². The maximum absolute atomic E-state index is 13.9. The molecule has 1 saturated heterocycles. The monoisotopic (exact) mass is 514 g/mol. The molecule has 1 radical (unpaired) electrons. The number of thiazole rings is 1. The number of amides is 2. The smallest absolute Gasteiger partial charge is 0.278 e. The second kappa shape index (κ2) is 9.43. The summed E-state index contributed by atoms with van der Waals surface area (Å²) in [6, 6.07) is 2.76. The number of nitrogens with zero attached hydrogens (tertiary/aromatic N) is 5. The van der Waals surface area contributed by atoms with Gasteiger partial charge in [0, 0.05) is 42.0 Å². The third-order valence-electron chi connectivity index (χ3n) is 6.57. The van der Waals surface area contributed by atoms with Crippen molar-refractivity contribution in [2.75, 3.05) is 6.54 Å². The lowest BCUT2D eigenvalue weighted by atomic mass is 10.0. The summed E-state index contributed by atoms with van der Waals surface area (Å²) in [5.41, 5.74) is -1.66. The highest BCUT2D eigenvalue weighted by molar-refractivity contribution is 7.09. The molecular formula is C24H22F2N5O4S. The van der Waals surface area contributed by atoms with Crippen LogP contribution >= 0.6 is 11.3 Å². The van der Waals surface area contributed by atoms with E-state index in [2.05, 4.69) is 15.2 Å². The topological polar surface area (TPSA) is 110 Å². The van der Waals surface area contributed by atoms with Crippen LogP contribution in [-0.2, 0) is 19.6 Å². The van der Waals surface area contributed by atoms with Crippen molar-refractivity contribution < 1.29 is 23.5 Å². The molecule has 0 unspecified atom stereocenters. The van der Waals surface area contributed by atoms with Gasteiger partial charge in [-0.3, -0.25) is 19.3 Å². The number of carbonyl (C=O) groups is 2. The number of halogens is 2. The van der Waals surface area contributed by atoms with Crippen molar-refractivity contribution in [2.24, 2.45) is 0 Å². The first-order valence-electron chi connectivity index (χ1n) is 11.3. The molecule has 12 heteroatoms. The van der Waals surface area contributed by atoms with E-state index in [4.69, 9.17) is 0 Å². The fourth-order valence-electron chi connectivity index (χ4n) is 4.70. The molecule has 1 fully saturated rings. The Morgan fingerprint density at radius 3 is 2.83 bits per heavy atom. The Kier molecular flexibility index (Phi) is 6.31. The zero-order chi connectivity index (χ0) is 25.6. The first-order valence-corrected chi connectivity index (χ1v) is 12.2. The van der Waals surface area contributed by atoms with Gasteiger partial charge in [-0.05, 0) is 19.4 Å². The van der Waals surface area contributed by atoms with Crippen LogP contribution < -0.4 is 10.7 Å². The largest absolute Gasteiger partial charge is 0.503 e. The highest BCUT2D eigenvalue weighted by Gasteiger charge is 2.43. The van der Waals surface area contributed by atoms with E-state index in [0.717, 1.165) is 23.7 Å². The summed E-state index contributed by atoms with van der Waals surface area (Å²) >= 11 is 1.51. The maximum Gasteiger partial charge on any atom is 0.278 e. The van der Waals surface area contributed by atoms with Crippen LogP contribution in [0.15, 0.2) is 40.8 Å². The minimum atomic E-state index is -1.02. The second-order valence-corrected chi connectivity index (χ2v) is 9.78. The van der Waals surface area contributed by atoms with E-state index in [0.29, 0.717) is 19.0 Å². The molecule has 0 aliphatic carbocycles. The normalized spacial score (nSPS) is 19.6. The number of pyridine rings is 1.